The summed E-state index contributed by atoms with van der Waals surface area (Å²) in [6.45, 7) is 0.810. The fraction of sp³-hybridized carbons (Fsp3) is 0.235. The Hall–Kier alpha value is -2.89. The summed E-state index contributed by atoms with van der Waals surface area (Å²) in [4.78, 5) is 12.2. The first kappa shape index (κ1) is 16.5. The van der Waals surface area contributed by atoms with Crippen molar-refractivity contribution in [3.63, 3.8) is 0 Å². The highest BCUT2D eigenvalue weighted by Crippen LogP contribution is 2.17. The number of nitrogens with zero attached hydrogens (tertiary/aromatic N) is 4. The van der Waals surface area contributed by atoms with Gasteiger partial charge < -0.3 is 4.90 Å². The number of rotatable bonds is 6. The van der Waals surface area contributed by atoms with Gasteiger partial charge >= 0.3 is 0 Å². The van der Waals surface area contributed by atoms with Crippen LogP contribution in [-0.2, 0) is 0 Å². The van der Waals surface area contributed by atoms with Gasteiger partial charge in [-0.1, -0.05) is 12.2 Å². The molecule has 0 N–H and O–H groups in total. The maximum atomic E-state index is 10.7. The topological polar surface area (TPSA) is 62.0 Å². The van der Waals surface area contributed by atoms with Crippen LogP contribution < -0.4 is 0 Å². The zero-order valence-electron chi connectivity index (χ0n) is 13.3. The number of hydrogen-bond acceptors (Lipinski definition) is 5. The van der Waals surface area contributed by atoms with Crippen LogP contribution in [0.4, 0.5) is 5.69 Å². The lowest BCUT2D eigenvalue weighted by atomic mass is 10.1. The summed E-state index contributed by atoms with van der Waals surface area (Å²) in [6.07, 6.45) is 12.5. The van der Waals surface area contributed by atoms with Gasteiger partial charge in [0.05, 0.1) is 10.6 Å². The lowest BCUT2D eigenvalue weighted by Gasteiger charge is -2.04. The third kappa shape index (κ3) is 5.10. The van der Waals surface area contributed by atoms with E-state index in [0.717, 1.165) is 24.2 Å². The Balaban J connectivity index is 1.94. The molecule has 0 unspecified atom stereocenters. The predicted octanol–water partition coefficient (Wildman–Crippen LogP) is 3.15. The Morgan fingerprint density at radius 2 is 1.87 bits per heavy atom. The quantitative estimate of drug-likeness (QED) is 0.460. The van der Waals surface area contributed by atoms with Crippen LogP contribution in [0.3, 0.4) is 0 Å². The van der Waals surface area contributed by atoms with Crippen LogP contribution in [-0.4, -0.2) is 41.2 Å². The van der Waals surface area contributed by atoms with Gasteiger partial charge in [0.1, 0.15) is 0 Å². The maximum absolute atomic E-state index is 10.7. The van der Waals surface area contributed by atoms with Crippen LogP contribution in [0, 0.1) is 10.1 Å². The lowest BCUT2D eigenvalue weighted by Crippen LogP contribution is -2.03. The summed E-state index contributed by atoms with van der Waals surface area (Å²) >= 11 is 0. The van der Waals surface area contributed by atoms with Crippen LogP contribution in [0.5, 0.6) is 0 Å². The summed E-state index contributed by atoms with van der Waals surface area (Å²) in [5.74, 6) is 0. The summed E-state index contributed by atoms with van der Waals surface area (Å²) in [7, 11) is 3.94. The molecule has 1 aromatic carbocycles. The van der Waals surface area contributed by atoms with Crippen LogP contribution in [0.1, 0.15) is 12.0 Å². The van der Waals surface area contributed by atoms with Gasteiger partial charge in [-0.25, -0.2) is 0 Å². The van der Waals surface area contributed by atoms with Gasteiger partial charge in [0, 0.05) is 45.4 Å². The van der Waals surface area contributed by atoms with Gasteiger partial charge in [-0.15, -0.1) is 0 Å². The van der Waals surface area contributed by atoms with E-state index in [0.29, 0.717) is 0 Å². The third-order valence-corrected chi connectivity index (χ3v) is 3.21. The first-order chi connectivity index (χ1) is 11.1. The minimum atomic E-state index is -0.396. The Labute approximate surface area is 135 Å². The fourth-order valence-corrected chi connectivity index (χ4v) is 2.06. The molecule has 0 saturated carbocycles. The molecule has 0 bridgehead atoms. The summed E-state index contributed by atoms with van der Waals surface area (Å²) in [5, 5.41) is 17.0. The highest BCUT2D eigenvalue weighted by molar-refractivity contribution is 6.01. The maximum Gasteiger partial charge on any atom is 0.269 e. The van der Waals surface area contributed by atoms with E-state index in [9.17, 15) is 10.1 Å². The Morgan fingerprint density at radius 1 is 1.17 bits per heavy atom. The van der Waals surface area contributed by atoms with Crippen LogP contribution in [0.25, 0.3) is 0 Å². The zero-order valence-corrected chi connectivity index (χ0v) is 13.3. The second kappa shape index (κ2) is 7.93. The van der Waals surface area contributed by atoms with Gasteiger partial charge in [-0.2, -0.15) is 5.10 Å². The minimum absolute atomic E-state index is 0.0972. The van der Waals surface area contributed by atoms with Gasteiger partial charge in [-0.05, 0) is 36.0 Å². The number of benzene rings is 1. The van der Waals surface area contributed by atoms with Crippen molar-refractivity contribution in [2.24, 2.45) is 5.10 Å². The van der Waals surface area contributed by atoms with Crippen molar-refractivity contribution in [2.45, 2.75) is 6.42 Å². The van der Waals surface area contributed by atoms with Crippen molar-refractivity contribution < 1.29 is 4.92 Å². The van der Waals surface area contributed by atoms with Crippen LogP contribution >= 0.6 is 0 Å². The number of non-ortho nitro benzene ring substituents is 1. The van der Waals surface area contributed by atoms with E-state index in [2.05, 4.69) is 5.10 Å². The van der Waals surface area contributed by atoms with E-state index >= 15 is 0 Å². The van der Waals surface area contributed by atoms with E-state index in [1.54, 1.807) is 12.1 Å². The van der Waals surface area contributed by atoms with Crippen LogP contribution in [0.15, 0.2) is 66.1 Å². The Kier molecular flexibility index (Phi) is 5.68. The van der Waals surface area contributed by atoms with Crippen molar-refractivity contribution in [3.8, 4) is 0 Å². The molecule has 0 aromatic heterocycles. The third-order valence-electron chi connectivity index (χ3n) is 3.21. The van der Waals surface area contributed by atoms with E-state index in [1.165, 1.54) is 12.1 Å². The summed E-state index contributed by atoms with van der Waals surface area (Å²) in [5.41, 5.74) is 1.97. The van der Waals surface area contributed by atoms with Gasteiger partial charge in [-0.3, -0.25) is 15.1 Å². The fourth-order valence-electron chi connectivity index (χ4n) is 2.06. The van der Waals surface area contributed by atoms with E-state index in [1.807, 2.05) is 60.7 Å². The molecule has 0 aliphatic carbocycles. The smallest absolute Gasteiger partial charge is 0.269 e. The average Bonchev–Trinajstić information content (AvgIpc) is 2.99. The van der Waals surface area contributed by atoms with E-state index < -0.39 is 4.92 Å². The molecule has 0 spiro atoms. The molecule has 2 rings (SSSR count). The molecule has 6 nitrogen and oxygen atoms in total. The van der Waals surface area contributed by atoms with Crippen molar-refractivity contribution in [1.29, 1.82) is 0 Å². The molecule has 23 heavy (non-hydrogen) atoms. The van der Waals surface area contributed by atoms with E-state index in [-0.39, 0.29) is 5.69 Å². The second-order valence-corrected chi connectivity index (χ2v) is 5.30. The van der Waals surface area contributed by atoms with E-state index in [4.69, 9.17) is 0 Å². The summed E-state index contributed by atoms with van der Waals surface area (Å²) < 4.78 is 0. The molecule has 1 aromatic rings. The molecule has 6 heteroatoms. The standard InChI is InChI=1S/C17H20N4O2/c1-19(2)12-5-3-4-6-13-20-14-11-17(18-20)15-7-9-16(10-8-15)21(22)23/h3-10,12-13H,11,14H2,1-2H3. The SMILES string of the molecule is CN(C)C=CC=CC=CN1CCC(c2ccc([N+](=O)[O-])cc2)=N1. The number of hydrazone groups is 1. The Bertz CT molecular complexity index is 658. The molecular formula is C17H20N4O2. The lowest BCUT2D eigenvalue weighted by molar-refractivity contribution is -0.384. The number of nitro groups is 1. The van der Waals surface area contributed by atoms with Crippen molar-refractivity contribution in [3.05, 3.63) is 76.6 Å². The highest BCUT2D eigenvalue weighted by Gasteiger charge is 2.15. The largest absolute Gasteiger partial charge is 0.383 e. The molecular weight excluding hydrogens is 292 g/mol. The highest BCUT2D eigenvalue weighted by atomic mass is 16.6. The van der Waals surface area contributed by atoms with Crippen LogP contribution in [0.2, 0.25) is 0 Å². The number of allylic oxidation sites excluding steroid dienone is 4. The molecule has 0 atom stereocenters. The van der Waals surface area contributed by atoms with Crippen molar-refractivity contribution in [1.82, 2.24) is 9.91 Å². The first-order valence-electron chi connectivity index (χ1n) is 7.33. The molecule has 1 heterocycles. The molecule has 0 amide bonds. The minimum Gasteiger partial charge on any atom is -0.383 e. The normalized spacial score (nSPS) is 15.0. The first-order valence-corrected chi connectivity index (χ1v) is 7.33. The number of nitro benzene ring substituents is 1. The second-order valence-electron chi connectivity index (χ2n) is 5.30. The molecule has 1 aliphatic heterocycles. The summed E-state index contributed by atoms with van der Waals surface area (Å²) in [6, 6.07) is 6.51. The van der Waals surface area contributed by atoms with Gasteiger partial charge in [0.2, 0.25) is 0 Å². The number of hydrogen-bond donors (Lipinski definition) is 0. The molecule has 1 aliphatic rings. The molecule has 0 fully saturated rings. The van der Waals surface area contributed by atoms with Gasteiger partial charge in [0.15, 0.2) is 0 Å². The molecule has 120 valence electrons. The molecule has 0 saturated heterocycles. The predicted molar refractivity (Wildman–Crippen MR) is 92.1 cm³/mol. The van der Waals surface area contributed by atoms with Crippen molar-refractivity contribution in [2.75, 3.05) is 20.6 Å². The molecule has 0 radical (unpaired) electrons. The Morgan fingerprint density at radius 3 is 2.52 bits per heavy atom. The average molecular weight is 312 g/mol. The monoisotopic (exact) mass is 312 g/mol. The zero-order chi connectivity index (χ0) is 16.7. The van der Waals surface area contributed by atoms with Gasteiger partial charge in [0.25, 0.3) is 5.69 Å². The van der Waals surface area contributed by atoms with Crippen molar-refractivity contribution >= 4 is 11.4 Å².